The molecule has 1 aliphatic rings. The van der Waals surface area contributed by atoms with Crippen LogP contribution < -0.4 is 4.74 Å². The summed E-state index contributed by atoms with van der Waals surface area (Å²) in [7, 11) is 1.63. The van der Waals surface area contributed by atoms with Crippen LogP contribution in [0.5, 0.6) is 5.75 Å². The van der Waals surface area contributed by atoms with Gasteiger partial charge in [-0.2, -0.15) is 5.10 Å². The van der Waals surface area contributed by atoms with Crippen LogP contribution in [0.15, 0.2) is 54.9 Å². The lowest BCUT2D eigenvalue weighted by molar-refractivity contribution is -0.00300. The fraction of sp³-hybridized carbons (Fsp3) is 0.227. The molecular formula is C22H21N5O3. The van der Waals surface area contributed by atoms with Gasteiger partial charge >= 0.3 is 0 Å². The van der Waals surface area contributed by atoms with Crippen molar-refractivity contribution in [2.75, 3.05) is 26.9 Å². The van der Waals surface area contributed by atoms with Crippen LogP contribution in [0.4, 0.5) is 0 Å². The Hall–Kier alpha value is -3.65. The molecule has 152 valence electrons. The van der Waals surface area contributed by atoms with Crippen molar-refractivity contribution in [2.45, 2.75) is 6.04 Å². The van der Waals surface area contributed by atoms with Crippen LogP contribution in [-0.2, 0) is 4.74 Å². The number of H-pyrrole nitrogens is 2. The van der Waals surface area contributed by atoms with Gasteiger partial charge in [-0.05, 0) is 35.9 Å². The zero-order chi connectivity index (χ0) is 20.5. The molecule has 0 unspecified atom stereocenters. The van der Waals surface area contributed by atoms with E-state index in [9.17, 15) is 4.79 Å². The van der Waals surface area contributed by atoms with E-state index in [0.29, 0.717) is 31.1 Å². The molecule has 30 heavy (non-hydrogen) atoms. The number of fused-ring (bicyclic) bond motifs is 1. The van der Waals surface area contributed by atoms with E-state index in [-0.39, 0.29) is 11.9 Å². The number of methoxy groups -OCH3 is 1. The second-order valence-corrected chi connectivity index (χ2v) is 7.17. The van der Waals surface area contributed by atoms with Crippen molar-refractivity contribution >= 4 is 16.9 Å². The highest BCUT2D eigenvalue weighted by atomic mass is 16.5. The van der Waals surface area contributed by atoms with Crippen molar-refractivity contribution in [3.63, 3.8) is 0 Å². The third-order valence-corrected chi connectivity index (χ3v) is 5.37. The van der Waals surface area contributed by atoms with Gasteiger partial charge in [-0.1, -0.05) is 12.1 Å². The van der Waals surface area contributed by atoms with Crippen molar-refractivity contribution in [1.82, 2.24) is 25.1 Å². The third-order valence-electron chi connectivity index (χ3n) is 5.37. The fourth-order valence-electron chi connectivity index (χ4n) is 3.80. The van der Waals surface area contributed by atoms with E-state index in [1.165, 1.54) is 0 Å². The Morgan fingerprint density at radius 2 is 2.20 bits per heavy atom. The quantitative estimate of drug-likeness (QED) is 0.546. The van der Waals surface area contributed by atoms with Crippen LogP contribution in [-0.4, -0.2) is 57.8 Å². The maximum atomic E-state index is 13.4. The number of morpholine rings is 1. The van der Waals surface area contributed by atoms with Crippen LogP contribution in [0.1, 0.15) is 22.1 Å². The molecule has 1 atom stereocenters. The van der Waals surface area contributed by atoms with Gasteiger partial charge in [0.2, 0.25) is 0 Å². The average Bonchev–Trinajstić information content (AvgIpc) is 3.48. The van der Waals surface area contributed by atoms with Gasteiger partial charge in [0, 0.05) is 23.7 Å². The maximum absolute atomic E-state index is 13.4. The van der Waals surface area contributed by atoms with E-state index < -0.39 is 0 Å². The summed E-state index contributed by atoms with van der Waals surface area (Å²) in [6.07, 6.45) is 3.51. The SMILES string of the molecule is COc1cccc([C@@H]2COCCN2C(=O)c2cc3ccc(-c4cn[nH]c4)nc3[nH]2)c1. The summed E-state index contributed by atoms with van der Waals surface area (Å²) in [5, 5.41) is 7.64. The Morgan fingerprint density at radius 3 is 3.03 bits per heavy atom. The summed E-state index contributed by atoms with van der Waals surface area (Å²) in [6.45, 7) is 1.47. The van der Waals surface area contributed by atoms with Gasteiger partial charge in [0.05, 0.1) is 38.3 Å². The number of aromatic amines is 2. The smallest absolute Gasteiger partial charge is 0.271 e. The monoisotopic (exact) mass is 403 g/mol. The number of amides is 1. The van der Waals surface area contributed by atoms with Crippen molar-refractivity contribution < 1.29 is 14.3 Å². The number of pyridine rings is 1. The number of ether oxygens (including phenoxy) is 2. The summed E-state index contributed by atoms with van der Waals surface area (Å²) >= 11 is 0. The van der Waals surface area contributed by atoms with Gasteiger partial charge in [-0.3, -0.25) is 9.89 Å². The first-order valence-electron chi connectivity index (χ1n) is 9.74. The minimum atomic E-state index is -0.179. The number of carbonyl (C=O) groups excluding carboxylic acids is 1. The van der Waals surface area contributed by atoms with Gasteiger partial charge in [-0.15, -0.1) is 0 Å². The zero-order valence-corrected chi connectivity index (χ0v) is 16.5. The molecule has 5 rings (SSSR count). The molecule has 3 aromatic heterocycles. The topological polar surface area (TPSA) is 96.1 Å². The van der Waals surface area contributed by atoms with Gasteiger partial charge in [0.15, 0.2) is 0 Å². The second-order valence-electron chi connectivity index (χ2n) is 7.17. The van der Waals surface area contributed by atoms with E-state index in [2.05, 4.69) is 20.2 Å². The minimum absolute atomic E-state index is 0.0750. The molecule has 4 heterocycles. The van der Waals surface area contributed by atoms with E-state index in [1.54, 1.807) is 19.5 Å². The number of nitrogens with one attached hydrogen (secondary N) is 2. The van der Waals surface area contributed by atoms with E-state index in [0.717, 1.165) is 28.0 Å². The van der Waals surface area contributed by atoms with Gasteiger partial charge in [0.25, 0.3) is 5.91 Å². The largest absolute Gasteiger partial charge is 0.497 e. The molecule has 1 amide bonds. The number of benzene rings is 1. The Kier molecular flexibility index (Phi) is 4.68. The average molecular weight is 403 g/mol. The molecular weight excluding hydrogens is 382 g/mol. The molecule has 2 N–H and O–H groups in total. The molecule has 1 aliphatic heterocycles. The molecule has 1 saturated heterocycles. The predicted octanol–water partition coefficient (Wildman–Crippen LogP) is 3.18. The summed E-state index contributed by atoms with van der Waals surface area (Å²) in [5.41, 5.74) is 3.85. The second kappa shape index (κ2) is 7.64. The van der Waals surface area contributed by atoms with Crippen molar-refractivity contribution in [2.24, 2.45) is 0 Å². The fourth-order valence-corrected chi connectivity index (χ4v) is 3.80. The summed E-state index contributed by atoms with van der Waals surface area (Å²) in [5.74, 6) is 0.682. The number of nitrogens with zero attached hydrogens (tertiary/aromatic N) is 3. The number of rotatable bonds is 4. The highest BCUT2D eigenvalue weighted by Crippen LogP contribution is 2.29. The summed E-state index contributed by atoms with van der Waals surface area (Å²) < 4.78 is 11.0. The molecule has 0 saturated carbocycles. The summed E-state index contributed by atoms with van der Waals surface area (Å²) in [6, 6.07) is 13.3. The number of hydrogen-bond acceptors (Lipinski definition) is 5. The van der Waals surface area contributed by atoms with Crippen molar-refractivity contribution in [1.29, 1.82) is 0 Å². The van der Waals surface area contributed by atoms with Crippen LogP contribution in [0.2, 0.25) is 0 Å². The van der Waals surface area contributed by atoms with Gasteiger partial charge < -0.3 is 19.4 Å². The van der Waals surface area contributed by atoms with Gasteiger partial charge in [-0.25, -0.2) is 4.98 Å². The third kappa shape index (κ3) is 3.31. The molecule has 8 heteroatoms. The molecule has 8 nitrogen and oxygen atoms in total. The number of carbonyl (C=O) groups is 1. The Morgan fingerprint density at radius 1 is 1.27 bits per heavy atom. The molecule has 0 radical (unpaired) electrons. The van der Waals surface area contributed by atoms with Crippen LogP contribution in [0, 0.1) is 0 Å². The van der Waals surface area contributed by atoms with Crippen LogP contribution in [0.25, 0.3) is 22.3 Å². The standard InChI is InChI=1S/C22H21N5O3/c1-29-17-4-2-3-14(9-17)20-13-30-8-7-27(20)22(28)19-10-15-5-6-18(25-21(15)26-19)16-11-23-24-12-16/h2-6,9-12,20H,7-8,13H2,1H3,(H,23,24)(H,25,26)/t20-/m0/s1. The lowest BCUT2D eigenvalue weighted by atomic mass is 10.0. The Balaban J connectivity index is 1.46. The maximum Gasteiger partial charge on any atom is 0.271 e. The molecule has 4 aromatic rings. The molecule has 0 spiro atoms. The van der Waals surface area contributed by atoms with Crippen molar-refractivity contribution in [3.8, 4) is 17.0 Å². The van der Waals surface area contributed by atoms with Crippen LogP contribution in [0.3, 0.4) is 0 Å². The first-order chi connectivity index (χ1) is 14.7. The highest BCUT2D eigenvalue weighted by molar-refractivity contribution is 5.97. The first kappa shape index (κ1) is 18.4. The van der Waals surface area contributed by atoms with Gasteiger partial charge in [0.1, 0.15) is 17.1 Å². The highest BCUT2D eigenvalue weighted by Gasteiger charge is 2.30. The molecule has 1 fully saturated rings. The molecule has 1 aromatic carbocycles. The first-order valence-corrected chi connectivity index (χ1v) is 9.74. The van der Waals surface area contributed by atoms with E-state index in [4.69, 9.17) is 9.47 Å². The minimum Gasteiger partial charge on any atom is -0.497 e. The lowest BCUT2D eigenvalue weighted by Gasteiger charge is -2.35. The van der Waals surface area contributed by atoms with E-state index in [1.807, 2.05) is 47.4 Å². The number of aromatic nitrogens is 4. The predicted molar refractivity (Wildman–Crippen MR) is 111 cm³/mol. The summed E-state index contributed by atoms with van der Waals surface area (Å²) in [4.78, 5) is 23.1. The molecule has 0 bridgehead atoms. The number of hydrogen-bond donors (Lipinski definition) is 2. The molecule has 0 aliphatic carbocycles. The lowest BCUT2D eigenvalue weighted by Crippen LogP contribution is -2.43. The van der Waals surface area contributed by atoms with E-state index >= 15 is 0 Å². The van der Waals surface area contributed by atoms with Crippen LogP contribution >= 0.6 is 0 Å². The Bertz CT molecular complexity index is 1180. The van der Waals surface area contributed by atoms with Crippen molar-refractivity contribution in [3.05, 3.63) is 66.1 Å². The Labute approximate surface area is 172 Å². The zero-order valence-electron chi connectivity index (χ0n) is 16.5. The normalized spacial score (nSPS) is 16.7.